The molecule has 64 valence electrons. The molecule has 0 amide bonds. The third-order valence-corrected chi connectivity index (χ3v) is 2.42. The number of hydrogen-bond acceptors (Lipinski definition) is 3. The number of nitrogens with one attached hydrogen (secondary N) is 1. The summed E-state index contributed by atoms with van der Waals surface area (Å²) in [5.74, 6) is 5.24. The third kappa shape index (κ3) is 1.17. The summed E-state index contributed by atoms with van der Waals surface area (Å²) in [5.41, 5.74) is 10.7. The fraction of sp³-hybridized carbons (Fsp3) is 0.333. The van der Waals surface area contributed by atoms with Crippen LogP contribution in [0.2, 0.25) is 0 Å². The summed E-state index contributed by atoms with van der Waals surface area (Å²) in [5, 5.41) is 0. The molecule has 1 saturated carbocycles. The van der Waals surface area contributed by atoms with E-state index >= 15 is 0 Å². The molecule has 12 heavy (non-hydrogen) atoms. The Morgan fingerprint density at radius 3 is 2.17 bits per heavy atom. The fourth-order valence-corrected chi connectivity index (χ4v) is 1.32. The van der Waals surface area contributed by atoms with E-state index in [0.29, 0.717) is 0 Å². The van der Waals surface area contributed by atoms with Crippen LogP contribution in [0, 0.1) is 0 Å². The average Bonchev–Trinajstić information content (AvgIpc) is 2.85. The molecule has 1 fully saturated rings. The van der Waals surface area contributed by atoms with Gasteiger partial charge in [0.1, 0.15) is 0 Å². The molecule has 0 aromatic heterocycles. The smallest absolute Gasteiger partial charge is 0.0485 e. The zero-order chi connectivity index (χ0) is 8.60. The van der Waals surface area contributed by atoms with Gasteiger partial charge in [-0.15, -0.1) is 0 Å². The van der Waals surface area contributed by atoms with Gasteiger partial charge in [-0.1, -0.05) is 12.1 Å². The van der Waals surface area contributed by atoms with E-state index in [4.69, 9.17) is 11.6 Å². The molecule has 0 saturated heterocycles. The normalized spacial score (nSPS) is 18.8. The van der Waals surface area contributed by atoms with Crippen LogP contribution >= 0.6 is 0 Å². The second kappa shape index (κ2) is 2.47. The lowest BCUT2D eigenvalue weighted by Gasteiger charge is -2.09. The van der Waals surface area contributed by atoms with E-state index in [0.717, 1.165) is 18.5 Å². The van der Waals surface area contributed by atoms with Crippen molar-refractivity contribution in [3.8, 4) is 0 Å². The highest BCUT2D eigenvalue weighted by molar-refractivity contribution is 5.45. The molecular formula is C9H13N3. The van der Waals surface area contributed by atoms with Crippen molar-refractivity contribution < 1.29 is 0 Å². The lowest BCUT2D eigenvalue weighted by atomic mass is 10.1. The third-order valence-electron chi connectivity index (χ3n) is 2.42. The van der Waals surface area contributed by atoms with Gasteiger partial charge in [0.25, 0.3) is 0 Å². The van der Waals surface area contributed by atoms with E-state index < -0.39 is 0 Å². The van der Waals surface area contributed by atoms with Crippen molar-refractivity contribution in [2.24, 2.45) is 11.6 Å². The van der Waals surface area contributed by atoms with Crippen LogP contribution in [0.1, 0.15) is 18.4 Å². The number of hydrazine groups is 1. The summed E-state index contributed by atoms with van der Waals surface area (Å²) < 4.78 is 0. The maximum Gasteiger partial charge on any atom is 0.0485 e. The maximum absolute atomic E-state index is 6.01. The Hall–Kier alpha value is -1.06. The minimum absolute atomic E-state index is 0.0346. The summed E-state index contributed by atoms with van der Waals surface area (Å²) in [6.07, 6.45) is 2.20. The average molecular weight is 163 g/mol. The molecule has 1 aliphatic carbocycles. The van der Waals surface area contributed by atoms with Crippen LogP contribution in [-0.4, -0.2) is 0 Å². The molecule has 0 unspecified atom stereocenters. The van der Waals surface area contributed by atoms with Crippen LogP contribution in [0.3, 0.4) is 0 Å². The summed E-state index contributed by atoms with van der Waals surface area (Å²) >= 11 is 0. The number of hydrogen-bond donors (Lipinski definition) is 3. The van der Waals surface area contributed by atoms with Crippen molar-refractivity contribution >= 4 is 5.69 Å². The van der Waals surface area contributed by atoms with Gasteiger partial charge in [0.2, 0.25) is 0 Å². The van der Waals surface area contributed by atoms with Gasteiger partial charge in [0, 0.05) is 11.2 Å². The summed E-state index contributed by atoms with van der Waals surface area (Å²) in [6.45, 7) is 0. The first-order valence-electron chi connectivity index (χ1n) is 4.11. The molecule has 0 spiro atoms. The van der Waals surface area contributed by atoms with Crippen molar-refractivity contribution in [1.82, 2.24) is 0 Å². The lowest BCUT2D eigenvalue weighted by molar-refractivity contribution is 0.740. The largest absolute Gasteiger partial charge is 0.324 e. The molecular weight excluding hydrogens is 150 g/mol. The van der Waals surface area contributed by atoms with Crippen molar-refractivity contribution in [1.29, 1.82) is 0 Å². The maximum atomic E-state index is 6.01. The second-order valence-corrected chi connectivity index (χ2v) is 3.38. The number of benzene rings is 1. The Labute approximate surface area is 71.7 Å². The highest BCUT2D eigenvalue weighted by atomic mass is 15.2. The van der Waals surface area contributed by atoms with E-state index in [-0.39, 0.29) is 5.54 Å². The Morgan fingerprint density at radius 2 is 1.75 bits per heavy atom. The molecule has 1 aliphatic rings. The van der Waals surface area contributed by atoms with E-state index in [2.05, 4.69) is 5.43 Å². The zero-order valence-corrected chi connectivity index (χ0v) is 6.88. The van der Waals surface area contributed by atoms with Crippen LogP contribution in [0.4, 0.5) is 5.69 Å². The van der Waals surface area contributed by atoms with Gasteiger partial charge in [-0.2, -0.15) is 0 Å². The van der Waals surface area contributed by atoms with Gasteiger partial charge in [0.15, 0.2) is 0 Å². The van der Waals surface area contributed by atoms with Gasteiger partial charge in [-0.25, -0.2) is 0 Å². The van der Waals surface area contributed by atoms with Crippen LogP contribution in [0.25, 0.3) is 0 Å². The van der Waals surface area contributed by atoms with Crippen molar-refractivity contribution in [2.45, 2.75) is 18.4 Å². The van der Waals surface area contributed by atoms with E-state index in [9.17, 15) is 0 Å². The van der Waals surface area contributed by atoms with Gasteiger partial charge in [0.05, 0.1) is 0 Å². The lowest BCUT2D eigenvalue weighted by Crippen LogP contribution is -2.18. The van der Waals surface area contributed by atoms with Crippen LogP contribution < -0.4 is 17.0 Å². The van der Waals surface area contributed by atoms with E-state index in [1.807, 2.05) is 24.3 Å². The Balaban J connectivity index is 2.25. The molecule has 0 bridgehead atoms. The highest BCUT2D eigenvalue weighted by Crippen LogP contribution is 2.42. The fourth-order valence-electron chi connectivity index (χ4n) is 1.32. The predicted molar refractivity (Wildman–Crippen MR) is 49.4 cm³/mol. The molecule has 0 radical (unpaired) electrons. The Morgan fingerprint density at radius 1 is 1.17 bits per heavy atom. The first-order valence-corrected chi connectivity index (χ1v) is 4.11. The number of nitrogen functional groups attached to an aromatic ring is 1. The monoisotopic (exact) mass is 163 g/mol. The molecule has 5 N–H and O–H groups in total. The van der Waals surface area contributed by atoms with Gasteiger partial charge in [-0.05, 0) is 30.5 Å². The van der Waals surface area contributed by atoms with Crippen LogP contribution in [0.5, 0.6) is 0 Å². The van der Waals surface area contributed by atoms with Gasteiger partial charge < -0.3 is 11.2 Å². The SMILES string of the molecule is NNc1ccc(C2(N)CC2)cc1. The summed E-state index contributed by atoms with van der Waals surface area (Å²) in [6, 6.07) is 7.95. The minimum Gasteiger partial charge on any atom is -0.324 e. The summed E-state index contributed by atoms with van der Waals surface area (Å²) in [7, 11) is 0. The molecule has 0 atom stereocenters. The number of rotatable bonds is 2. The Kier molecular flexibility index (Phi) is 1.56. The molecule has 0 aliphatic heterocycles. The second-order valence-electron chi connectivity index (χ2n) is 3.38. The first-order chi connectivity index (χ1) is 5.74. The Bertz CT molecular complexity index is 274. The van der Waals surface area contributed by atoms with Crippen molar-refractivity contribution in [2.75, 3.05) is 5.43 Å². The first kappa shape index (κ1) is 7.58. The molecule has 2 rings (SSSR count). The van der Waals surface area contributed by atoms with Crippen molar-refractivity contribution in [3.05, 3.63) is 29.8 Å². The molecule has 1 aromatic carbocycles. The van der Waals surface area contributed by atoms with Crippen LogP contribution in [0.15, 0.2) is 24.3 Å². The van der Waals surface area contributed by atoms with Gasteiger partial charge >= 0.3 is 0 Å². The van der Waals surface area contributed by atoms with E-state index in [1.54, 1.807) is 0 Å². The van der Waals surface area contributed by atoms with Crippen molar-refractivity contribution in [3.63, 3.8) is 0 Å². The molecule has 3 nitrogen and oxygen atoms in total. The number of nitrogens with two attached hydrogens (primary N) is 2. The summed E-state index contributed by atoms with van der Waals surface area (Å²) in [4.78, 5) is 0. The van der Waals surface area contributed by atoms with E-state index in [1.165, 1.54) is 5.56 Å². The number of anilines is 1. The topological polar surface area (TPSA) is 64.1 Å². The predicted octanol–water partition coefficient (Wildman–Crippen LogP) is 0.920. The minimum atomic E-state index is -0.0346. The molecule has 1 aromatic rings. The van der Waals surface area contributed by atoms with Gasteiger partial charge in [-0.3, -0.25) is 5.84 Å². The molecule has 3 heteroatoms. The highest BCUT2D eigenvalue weighted by Gasteiger charge is 2.39. The van der Waals surface area contributed by atoms with Crippen LogP contribution in [-0.2, 0) is 5.54 Å². The standard InChI is InChI=1S/C9H13N3/c10-9(5-6-9)7-1-3-8(12-11)4-2-7/h1-4,12H,5-6,10-11H2. The zero-order valence-electron chi connectivity index (χ0n) is 6.88. The molecule has 0 heterocycles. The quantitative estimate of drug-likeness (QED) is 0.448.